The first-order chi connectivity index (χ1) is 12.6. The second-order valence-corrected chi connectivity index (χ2v) is 9.06. The molecule has 1 aromatic carbocycles. The first-order valence-electron chi connectivity index (χ1n) is 10.7. The lowest BCUT2D eigenvalue weighted by Gasteiger charge is -2.30. The van der Waals surface area contributed by atoms with Crippen LogP contribution < -0.4 is 0 Å². The third kappa shape index (κ3) is 4.91. The van der Waals surface area contributed by atoms with Gasteiger partial charge >= 0.3 is 0 Å². The van der Waals surface area contributed by atoms with E-state index in [0.29, 0.717) is 10.6 Å². The predicted octanol–water partition coefficient (Wildman–Crippen LogP) is 8.36. The highest BCUT2D eigenvalue weighted by Crippen LogP contribution is 2.39. The van der Waals surface area contributed by atoms with E-state index >= 15 is 0 Å². The minimum atomic E-state index is -0.258. The fourth-order valence-electron chi connectivity index (χ4n) is 4.98. The number of aryl methyl sites for hydroxylation is 1. The van der Waals surface area contributed by atoms with Crippen molar-refractivity contribution in [2.75, 3.05) is 0 Å². The lowest BCUT2D eigenvalue weighted by molar-refractivity contribution is 0.237. The van der Waals surface area contributed by atoms with Crippen LogP contribution in [-0.4, -0.2) is 0 Å². The lowest BCUT2D eigenvalue weighted by atomic mass is 9.76. The van der Waals surface area contributed by atoms with Gasteiger partial charge < -0.3 is 0 Å². The molecule has 1 saturated carbocycles. The number of hydrogen-bond donors (Lipinski definition) is 0. The summed E-state index contributed by atoms with van der Waals surface area (Å²) in [6, 6.07) is 3.83. The number of benzene rings is 1. The minimum Gasteiger partial charge on any atom is -0.205 e. The Morgan fingerprint density at radius 1 is 0.962 bits per heavy atom. The van der Waals surface area contributed by atoms with Crippen LogP contribution in [0.15, 0.2) is 18.2 Å². The molecule has 2 heteroatoms. The number of halogens is 2. The molecular formula is C24H34ClF. The highest BCUT2D eigenvalue weighted by Gasteiger charge is 2.23. The molecule has 144 valence electrons. The topological polar surface area (TPSA) is 0 Å². The standard InChI is InChI=1S/C24H34ClF/c1-3-4-18-6-8-19(9-7-18)10-11-20-12-14-21(15-13-20)22-16-5-17(2)24(26)23(22)25/h5,14,16,18-20H,3-4,6-13,15H2,1-2H3. The third-order valence-corrected chi connectivity index (χ3v) is 7.16. The van der Waals surface area contributed by atoms with Crippen LogP contribution in [0.1, 0.15) is 88.7 Å². The molecule has 0 radical (unpaired) electrons. The number of hydrogen-bond acceptors (Lipinski definition) is 0. The van der Waals surface area contributed by atoms with Gasteiger partial charge in [-0.15, -0.1) is 0 Å². The summed E-state index contributed by atoms with van der Waals surface area (Å²) < 4.78 is 14.1. The fourth-order valence-corrected chi connectivity index (χ4v) is 5.31. The maximum absolute atomic E-state index is 14.1. The van der Waals surface area contributed by atoms with Gasteiger partial charge in [0.2, 0.25) is 0 Å². The maximum Gasteiger partial charge on any atom is 0.145 e. The van der Waals surface area contributed by atoms with E-state index in [1.807, 2.05) is 12.1 Å². The summed E-state index contributed by atoms with van der Waals surface area (Å²) in [5.74, 6) is 2.53. The second-order valence-electron chi connectivity index (χ2n) is 8.68. The highest BCUT2D eigenvalue weighted by molar-refractivity contribution is 6.32. The molecule has 0 heterocycles. The van der Waals surface area contributed by atoms with Gasteiger partial charge in [-0.2, -0.15) is 0 Å². The molecule has 0 nitrogen and oxygen atoms in total. The molecule has 0 N–H and O–H groups in total. The molecule has 3 rings (SSSR count). The maximum atomic E-state index is 14.1. The molecule has 0 spiro atoms. The Bertz CT molecular complexity index is 625. The molecule has 1 atom stereocenters. The van der Waals surface area contributed by atoms with Crippen molar-refractivity contribution < 1.29 is 4.39 Å². The van der Waals surface area contributed by atoms with E-state index in [0.717, 1.165) is 36.2 Å². The van der Waals surface area contributed by atoms with Gasteiger partial charge in [0.05, 0.1) is 5.02 Å². The Balaban J connectivity index is 1.47. The minimum absolute atomic E-state index is 0.258. The van der Waals surface area contributed by atoms with Crippen molar-refractivity contribution in [2.24, 2.45) is 17.8 Å². The fraction of sp³-hybridized carbons (Fsp3) is 0.667. The summed E-state index contributed by atoms with van der Waals surface area (Å²) in [7, 11) is 0. The van der Waals surface area contributed by atoms with E-state index in [1.165, 1.54) is 63.4 Å². The van der Waals surface area contributed by atoms with Crippen LogP contribution in [-0.2, 0) is 0 Å². The third-order valence-electron chi connectivity index (χ3n) is 6.79. The summed E-state index contributed by atoms with van der Waals surface area (Å²) >= 11 is 6.25. The highest BCUT2D eigenvalue weighted by atomic mass is 35.5. The molecule has 1 fully saturated rings. The second kappa shape index (κ2) is 9.40. The normalized spacial score (nSPS) is 26.6. The van der Waals surface area contributed by atoms with Crippen LogP contribution in [0.2, 0.25) is 5.02 Å². The molecular weight excluding hydrogens is 343 g/mol. The largest absolute Gasteiger partial charge is 0.205 e. The molecule has 2 aliphatic carbocycles. The summed E-state index contributed by atoms with van der Waals surface area (Å²) in [4.78, 5) is 0. The Kier molecular flexibility index (Phi) is 7.20. The van der Waals surface area contributed by atoms with Gasteiger partial charge in [-0.3, -0.25) is 0 Å². The number of rotatable bonds is 6. The van der Waals surface area contributed by atoms with Gasteiger partial charge in [0, 0.05) is 0 Å². The molecule has 0 saturated heterocycles. The van der Waals surface area contributed by atoms with Crippen LogP contribution in [0.25, 0.3) is 5.57 Å². The first-order valence-corrected chi connectivity index (χ1v) is 11.1. The van der Waals surface area contributed by atoms with Crippen LogP contribution in [0, 0.1) is 30.5 Å². The van der Waals surface area contributed by atoms with E-state index in [1.54, 1.807) is 6.92 Å². The van der Waals surface area contributed by atoms with E-state index in [-0.39, 0.29) is 5.82 Å². The van der Waals surface area contributed by atoms with Gasteiger partial charge in [0.25, 0.3) is 0 Å². The van der Waals surface area contributed by atoms with E-state index in [2.05, 4.69) is 13.0 Å². The Morgan fingerprint density at radius 3 is 2.23 bits per heavy atom. The van der Waals surface area contributed by atoms with Crippen molar-refractivity contribution in [1.29, 1.82) is 0 Å². The van der Waals surface area contributed by atoms with Gasteiger partial charge in [-0.05, 0) is 67.1 Å². The molecule has 1 aromatic rings. The Morgan fingerprint density at radius 2 is 1.62 bits per heavy atom. The summed E-state index contributed by atoms with van der Waals surface area (Å²) in [5.41, 5.74) is 2.77. The molecule has 0 aromatic heterocycles. The van der Waals surface area contributed by atoms with Crippen molar-refractivity contribution in [3.63, 3.8) is 0 Å². The molecule has 0 bridgehead atoms. The smallest absolute Gasteiger partial charge is 0.145 e. The average molecular weight is 377 g/mol. The van der Waals surface area contributed by atoms with Crippen LogP contribution >= 0.6 is 11.6 Å². The summed E-state index contributed by atoms with van der Waals surface area (Å²) in [5, 5.41) is 0.304. The SMILES string of the molecule is CCCC1CCC(CCC2CC=C(c3ccc(C)c(F)c3Cl)CC2)CC1. The molecule has 0 aliphatic heterocycles. The quantitative estimate of drug-likeness (QED) is 0.467. The van der Waals surface area contributed by atoms with Crippen molar-refractivity contribution in [3.8, 4) is 0 Å². The monoisotopic (exact) mass is 376 g/mol. The zero-order valence-electron chi connectivity index (χ0n) is 16.5. The summed E-state index contributed by atoms with van der Waals surface area (Å²) in [6.45, 7) is 4.08. The van der Waals surface area contributed by atoms with Crippen molar-refractivity contribution >= 4 is 17.2 Å². The van der Waals surface area contributed by atoms with Gasteiger partial charge in [-0.25, -0.2) is 4.39 Å². The Hall–Kier alpha value is -0.820. The van der Waals surface area contributed by atoms with Crippen molar-refractivity contribution in [1.82, 2.24) is 0 Å². The van der Waals surface area contributed by atoms with Gasteiger partial charge in [0.15, 0.2) is 0 Å². The molecule has 26 heavy (non-hydrogen) atoms. The molecule has 2 aliphatic rings. The van der Waals surface area contributed by atoms with Crippen LogP contribution in [0.3, 0.4) is 0 Å². The lowest BCUT2D eigenvalue weighted by Crippen LogP contribution is -2.16. The average Bonchev–Trinajstić information content (AvgIpc) is 2.67. The predicted molar refractivity (Wildman–Crippen MR) is 111 cm³/mol. The zero-order chi connectivity index (χ0) is 18.5. The van der Waals surface area contributed by atoms with E-state index in [4.69, 9.17) is 11.6 Å². The first kappa shape index (κ1) is 19.9. The van der Waals surface area contributed by atoms with Crippen LogP contribution in [0.4, 0.5) is 4.39 Å². The molecule has 0 amide bonds. The molecule has 1 unspecified atom stereocenters. The van der Waals surface area contributed by atoms with E-state index < -0.39 is 0 Å². The Labute approximate surface area is 164 Å². The van der Waals surface area contributed by atoms with E-state index in [9.17, 15) is 4.39 Å². The van der Waals surface area contributed by atoms with Gasteiger partial charge in [0.1, 0.15) is 5.82 Å². The van der Waals surface area contributed by atoms with Crippen molar-refractivity contribution in [2.45, 2.75) is 84.5 Å². The van der Waals surface area contributed by atoms with Crippen LogP contribution in [0.5, 0.6) is 0 Å². The zero-order valence-corrected chi connectivity index (χ0v) is 17.3. The van der Waals surface area contributed by atoms with Gasteiger partial charge in [-0.1, -0.05) is 81.7 Å². The van der Waals surface area contributed by atoms with Crippen molar-refractivity contribution in [3.05, 3.63) is 40.2 Å². The number of allylic oxidation sites excluding steroid dienone is 2. The summed E-state index contributed by atoms with van der Waals surface area (Å²) in [6.07, 6.45) is 17.1.